The number of hydrogen-bond donors (Lipinski definition) is 6. The summed E-state index contributed by atoms with van der Waals surface area (Å²) in [5.74, 6) is -4.59. The van der Waals surface area contributed by atoms with Gasteiger partial charge in [0, 0.05) is 117 Å². The molecule has 2 amide bonds. The highest BCUT2D eigenvalue weighted by atomic mass is 16.7. The molecular weight excluding hydrogens is 977 g/mol. The number of likely N-dealkylation sites (tertiary alicyclic amines) is 2. The molecule has 5 bridgehead atoms. The predicted octanol–water partition coefficient (Wildman–Crippen LogP) is 6.12. The Balaban J connectivity index is 1.05. The number of esters is 1. The molecule has 19 heteroatoms. The number of nitrogens with zero attached hydrogens (tertiary/aromatic N) is 4. The highest BCUT2D eigenvalue weighted by Crippen LogP contribution is 2.50. The van der Waals surface area contributed by atoms with Crippen LogP contribution in [0.3, 0.4) is 0 Å². The van der Waals surface area contributed by atoms with Crippen molar-refractivity contribution < 1.29 is 63.3 Å². The van der Waals surface area contributed by atoms with E-state index in [0.29, 0.717) is 69.3 Å². The molecule has 9 rings (SSSR count). The van der Waals surface area contributed by atoms with Crippen LogP contribution in [0.25, 0.3) is 10.8 Å². The Hall–Kier alpha value is -6.70. The smallest absolute Gasteiger partial charge is 0.315 e. The van der Waals surface area contributed by atoms with Gasteiger partial charge in [0.1, 0.15) is 46.6 Å². The number of aromatic hydroxyl groups is 2. The van der Waals surface area contributed by atoms with Crippen LogP contribution in [0, 0.1) is 24.7 Å². The molecule has 1 spiro atoms. The maximum Gasteiger partial charge on any atom is 0.315 e. The van der Waals surface area contributed by atoms with Crippen LogP contribution in [-0.4, -0.2) is 137 Å². The van der Waals surface area contributed by atoms with Crippen LogP contribution in [0.2, 0.25) is 0 Å². The number of amides is 2. The number of nitrogens with one attached hydrogen (secondary N) is 2. The van der Waals surface area contributed by atoms with E-state index in [1.807, 2.05) is 12.1 Å². The van der Waals surface area contributed by atoms with E-state index in [-0.39, 0.29) is 86.6 Å². The Bertz CT molecular complexity index is 2930. The lowest BCUT2D eigenvalue weighted by Gasteiger charge is -2.36. The summed E-state index contributed by atoms with van der Waals surface area (Å²) in [6.07, 6.45) is 6.82. The third-order valence-electron chi connectivity index (χ3n) is 15.5. The van der Waals surface area contributed by atoms with E-state index in [4.69, 9.17) is 33.7 Å². The molecule has 0 aliphatic carbocycles. The van der Waals surface area contributed by atoms with Crippen LogP contribution in [0.15, 0.2) is 64.3 Å². The Labute approximate surface area is 443 Å². The van der Waals surface area contributed by atoms with Crippen LogP contribution < -0.4 is 35.6 Å². The number of carbonyl (C=O) groups is 4. The topological polar surface area (TPSA) is 251 Å². The highest BCUT2D eigenvalue weighted by molar-refractivity contribution is 6.19. The van der Waals surface area contributed by atoms with Gasteiger partial charge >= 0.3 is 11.8 Å². The lowest BCUT2D eigenvalue weighted by atomic mass is 9.88. The average molecular weight is 1050 g/mol. The molecule has 76 heavy (non-hydrogen) atoms. The van der Waals surface area contributed by atoms with Gasteiger partial charge in [-0.15, -0.1) is 0 Å². The number of piperidine rings is 2. The largest absolute Gasteiger partial charge is 0.507 e. The van der Waals surface area contributed by atoms with Crippen LogP contribution >= 0.6 is 0 Å². The fourth-order valence-electron chi connectivity index (χ4n) is 10.8. The molecular formula is C57H74N6O13. The number of methoxy groups -OCH3 is 2. The van der Waals surface area contributed by atoms with Crippen molar-refractivity contribution >= 4 is 45.7 Å². The van der Waals surface area contributed by atoms with Crippen molar-refractivity contribution in [3.05, 3.63) is 76.2 Å². The van der Waals surface area contributed by atoms with Gasteiger partial charge in [-0.05, 0) is 51.5 Å². The minimum absolute atomic E-state index is 0.0329. The van der Waals surface area contributed by atoms with Crippen molar-refractivity contribution in [3.8, 4) is 28.7 Å². The van der Waals surface area contributed by atoms with Gasteiger partial charge in [0.15, 0.2) is 11.4 Å². The average Bonchev–Trinajstić information content (AvgIpc) is 3.93. The van der Waals surface area contributed by atoms with Gasteiger partial charge in [0.2, 0.25) is 5.91 Å². The Morgan fingerprint density at radius 2 is 1.59 bits per heavy atom. The molecule has 0 radical (unpaired) electrons. The maximum atomic E-state index is 14.8. The fourth-order valence-corrected chi connectivity index (χ4v) is 10.8. The van der Waals surface area contributed by atoms with Gasteiger partial charge in [-0.2, -0.15) is 0 Å². The maximum absolute atomic E-state index is 14.8. The van der Waals surface area contributed by atoms with Gasteiger partial charge in [0.05, 0.1) is 49.0 Å². The summed E-state index contributed by atoms with van der Waals surface area (Å²) in [4.78, 5) is 70.2. The van der Waals surface area contributed by atoms with Gasteiger partial charge in [-0.1, -0.05) is 45.9 Å². The number of benzene rings is 3. The number of phenols is 2. The molecule has 6 atom stereocenters. The number of phenolic OH excluding ortho intramolecular Hbond substituents is 2. The van der Waals surface area contributed by atoms with Crippen LogP contribution in [0.1, 0.15) is 109 Å². The van der Waals surface area contributed by atoms with Crippen LogP contribution in [-0.2, 0) is 23.9 Å². The predicted molar refractivity (Wildman–Crippen MR) is 284 cm³/mol. The van der Waals surface area contributed by atoms with E-state index in [2.05, 4.69) is 29.4 Å². The van der Waals surface area contributed by atoms with Crippen molar-refractivity contribution in [2.75, 3.05) is 57.6 Å². The first-order valence-electron chi connectivity index (χ1n) is 26.5. The molecule has 6 heterocycles. The van der Waals surface area contributed by atoms with E-state index < -0.39 is 71.4 Å². The molecule has 0 aromatic heterocycles. The number of ketones is 1. The first kappa shape index (κ1) is 55.5. The van der Waals surface area contributed by atoms with E-state index in [9.17, 15) is 39.6 Å². The molecule has 19 nitrogen and oxygen atoms in total. The van der Waals surface area contributed by atoms with E-state index in [1.54, 1.807) is 77.2 Å². The molecule has 3 aromatic rings. The number of rotatable bonds is 9. The van der Waals surface area contributed by atoms with E-state index in [0.717, 1.165) is 12.2 Å². The number of Topliss-reactive ketones (excluding diaryl/α,β-unsaturated/α-hetero) is 1. The number of hydrogen-bond acceptors (Lipinski definition) is 17. The van der Waals surface area contributed by atoms with Crippen molar-refractivity contribution in [1.82, 2.24) is 9.80 Å². The number of allylic oxidation sites excluding steroid dienone is 3. The normalized spacial score (nSPS) is 26.9. The number of anilines is 2. The summed E-state index contributed by atoms with van der Waals surface area (Å²) in [6, 6.07) is 5.60. The zero-order valence-corrected chi connectivity index (χ0v) is 45.1. The second-order valence-electron chi connectivity index (χ2n) is 21.6. The fraction of sp³-hybridized carbons (Fsp3) is 0.544. The SMILES string of the molecule is COc1cc(NC2CCN(C(=O)CC(=O)O[C@@H]3CC/C=C/O[C@@]4(C)Oc5c(C)c(O)c6c(O)c(c7c(c6c5C4=O)=NC4(CCN(CC(C)C)CC4)N=7)NC(=O)/C(C)=C\C=C\C(C)[C@H](O)CC(O)[C@H]3C)CC2)cc(OC)c1. The zero-order chi connectivity index (χ0) is 54.8. The van der Waals surface area contributed by atoms with Crippen molar-refractivity contribution in [3.63, 3.8) is 0 Å². The van der Waals surface area contributed by atoms with Crippen LogP contribution in [0.4, 0.5) is 11.4 Å². The first-order chi connectivity index (χ1) is 36.1. The monoisotopic (exact) mass is 1050 g/mol. The quantitative estimate of drug-likeness (QED) is 0.0802. The van der Waals surface area contributed by atoms with Gasteiger partial charge in [0.25, 0.3) is 11.7 Å². The third kappa shape index (κ3) is 11.7. The van der Waals surface area contributed by atoms with E-state index >= 15 is 0 Å². The molecule has 3 aromatic carbocycles. The number of fused-ring (bicyclic) bond motifs is 13. The van der Waals surface area contributed by atoms with Crippen molar-refractivity contribution in [2.45, 2.75) is 136 Å². The Morgan fingerprint density at radius 3 is 2.25 bits per heavy atom. The highest BCUT2D eigenvalue weighted by Gasteiger charge is 2.50. The van der Waals surface area contributed by atoms with Crippen molar-refractivity contribution in [2.24, 2.45) is 27.7 Å². The molecule has 2 saturated heterocycles. The summed E-state index contributed by atoms with van der Waals surface area (Å²) in [6.45, 7) is 15.5. The standard InChI is InChI=1S/C57H74N6O13/c1-31(2)30-62-22-18-57(19-23-62)60-48-45-46-51(68)35(6)53-47(45)54(70)56(7,76-53)74-24-11-10-15-42(34(5)41(65)28-40(64)32(3)13-12-14-33(4)55(71)59-50(52(46)69)49(48)61-57)75-44(67)29-43(66)63-20-16-36(17-21-63)58-37-25-38(72-8)27-39(26-37)73-9/h11-14,24-27,31-32,34,36,40-42,58,64-65,68-69H,10,15-23,28-30H2,1-9H3,(H,59,71)/b13-12+,24-11+,33-14-/t32?,34-,40-,41?,42-,56+/m1/s1. The number of aliphatic hydroxyl groups excluding tert-OH is 2. The second-order valence-corrected chi connectivity index (χ2v) is 21.6. The number of aliphatic hydroxyl groups is 2. The molecule has 2 fully saturated rings. The lowest BCUT2D eigenvalue weighted by Crippen LogP contribution is -2.43. The summed E-state index contributed by atoms with van der Waals surface area (Å²) >= 11 is 0. The van der Waals surface area contributed by atoms with Crippen molar-refractivity contribution in [1.29, 1.82) is 0 Å². The molecule has 6 N–H and O–H groups in total. The first-order valence-corrected chi connectivity index (χ1v) is 26.5. The molecule has 410 valence electrons. The summed E-state index contributed by atoms with van der Waals surface area (Å²) in [7, 11) is 3.17. The number of carbonyl (C=O) groups excluding carboxylic acids is 4. The lowest BCUT2D eigenvalue weighted by molar-refractivity contribution is -0.158. The summed E-state index contributed by atoms with van der Waals surface area (Å²) in [5.41, 5.74) is 0.205. The van der Waals surface area contributed by atoms with Gasteiger partial charge < -0.3 is 64.5 Å². The summed E-state index contributed by atoms with van der Waals surface area (Å²) < 4.78 is 29.2. The third-order valence-corrected chi connectivity index (χ3v) is 15.5. The van der Waals surface area contributed by atoms with Gasteiger partial charge in [-0.25, -0.2) is 0 Å². The van der Waals surface area contributed by atoms with Gasteiger partial charge in [-0.3, -0.25) is 29.2 Å². The minimum atomic E-state index is -1.95. The number of ether oxygens (including phenoxy) is 5. The Morgan fingerprint density at radius 1 is 0.921 bits per heavy atom. The van der Waals surface area contributed by atoms with E-state index in [1.165, 1.54) is 13.2 Å². The zero-order valence-electron chi connectivity index (χ0n) is 45.1. The molecule has 6 aliphatic rings. The summed E-state index contributed by atoms with van der Waals surface area (Å²) in [5, 5.41) is 53.7. The van der Waals surface area contributed by atoms with Crippen LogP contribution in [0.5, 0.6) is 28.7 Å². The minimum Gasteiger partial charge on any atom is -0.507 e. The molecule has 2 unspecified atom stereocenters. The molecule has 0 saturated carbocycles. The molecule has 6 aliphatic heterocycles. The second kappa shape index (κ2) is 22.9. The Kier molecular flexibility index (Phi) is 16.7.